The molecule has 0 saturated heterocycles. The van der Waals surface area contributed by atoms with E-state index in [9.17, 15) is 8.42 Å². The minimum Gasteiger partial charge on any atom is -0.338 e. The van der Waals surface area contributed by atoms with Crippen LogP contribution in [-0.4, -0.2) is 29.9 Å². The summed E-state index contributed by atoms with van der Waals surface area (Å²) in [4.78, 5) is 4.29. The molecule has 6 nitrogen and oxygen atoms in total. The Hall–Kier alpha value is -1.93. The third kappa shape index (κ3) is 4.87. The van der Waals surface area contributed by atoms with E-state index in [4.69, 9.17) is 27.7 Å². The van der Waals surface area contributed by atoms with Gasteiger partial charge in [-0.25, -0.2) is 8.42 Å². The van der Waals surface area contributed by atoms with Crippen LogP contribution in [0.15, 0.2) is 47.0 Å². The molecule has 0 atom stereocenters. The third-order valence-corrected chi connectivity index (χ3v) is 6.43. The van der Waals surface area contributed by atoms with Crippen molar-refractivity contribution in [3.05, 3.63) is 69.5 Å². The van der Waals surface area contributed by atoms with Crippen LogP contribution >= 0.6 is 23.2 Å². The maximum absolute atomic E-state index is 12.6. The largest absolute Gasteiger partial charge is 0.338 e. The SMILES string of the molecule is Cc1cccc(-c2noc(CN(C)S(=O)(=O)Cc3ccc(Cl)c(Cl)c3)n2)c1. The van der Waals surface area contributed by atoms with Crippen molar-refractivity contribution in [2.24, 2.45) is 0 Å². The Kier molecular flexibility index (Phi) is 5.86. The second kappa shape index (κ2) is 7.98. The van der Waals surface area contributed by atoms with Crippen LogP contribution in [0.25, 0.3) is 11.4 Å². The topological polar surface area (TPSA) is 76.3 Å². The van der Waals surface area contributed by atoms with Crippen LogP contribution in [0.5, 0.6) is 0 Å². The first-order valence-corrected chi connectivity index (χ1v) is 10.4. The average molecular weight is 426 g/mol. The lowest BCUT2D eigenvalue weighted by Gasteiger charge is -2.15. The van der Waals surface area contributed by atoms with Crippen molar-refractivity contribution >= 4 is 33.2 Å². The number of sulfonamides is 1. The number of aromatic nitrogens is 2. The molecule has 27 heavy (non-hydrogen) atoms. The first-order valence-electron chi connectivity index (χ1n) is 8.02. The number of benzene rings is 2. The van der Waals surface area contributed by atoms with Crippen molar-refractivity contribution in [3.8, 4) is 11.4 Å². The van der Waals surface area contributed by atoms with E-state index in [2.05, 4.69) is 10.1 Å². The second-order valence-corrected chi connectivity index (χ2v) is 9.03. The molecule has 0 unspecified atom stereocenters. The van der Waals surface area contributed by atoms with Crippen LogP contribution < -0.4 is 0 Å². The molecular formula is C18H17Cl2N3O3S. The maximum Gasteiger partial charge on any atom is 0.242 e. The maximum atomic E-state index is 12.6. The van der Waals surface area contributed by atoms with Crippen LogP contribution in [0.1, 0.15) is 17.0 Å². The van der Waals surface area contributed by atoms with E-state index in [1.807, 2.05) is 31.2 Å². The van der Waals surface area contributed by atoms with Gasteiger partial charge in [-0.2, -0.15) is 9.29 Å². The summed E-state index contributed by atoms with van der Waals surface area (Å²) in [7, 11) is -2.14. The molecule has 0 spiro atoms. The molecule has 0 saturated carbocycles. The zero-order valence-electron chi connectivity index (χ0n) is 14.7. The molecule has 0 aliphatic heterocycles. The number of rotatable bonds is 6. The standard InChI is InChI=1S/C18H17Cl2N3O3S/c1-12-4-3-5-14(8-12)18-21-17(26-22-18)10-23(2)27(24,25)11-13-6-7-15(19)16(20)9-13/h3-9H,10-11H2,1-2H3. The Labute approximate surface area is 167 Å². The molecule has 0 amide bonds. The summed E-state index contributed by atoms with van der Waals surface area (Å²) in [5.74, 6) is 0.426. The van der Waals surface area contributed by atoms with Gasteiger partial charge in [0.05, 0.1) is 22.3 Å². The van der Waals surface area contributed by atoms with Crippen molar-refractivity contribution in [3.63, 3.8) is 0 Å². The molecule has 0 aliphatic rings. The van der Waals surface area contributed by atoms with Crippen LogP contribution in [0.2, 0.25) is 10.0 Å². The van der Waals surface area contributed by atoms with Crippen molar-refractivity contribution in [2.45, 2.75) is 19.2 Å². The molecule has 3 aromatic rings. The number of halogens is 2. The molecule has 1 aromatic heterocycles. The van der Waals surface area contributed by atoms with Crippen LogP contribution in [0.4, 0.5) is 0 Å². The summed E-state index contributed by atoms with van der Waals surface area (Å²) in [6, 6.07) is 12.4. The highest BCUT2D eigenvalue weighted by Crippen LogP contribution is 2.24. The van der Waals surface area contributed by atoms with Gasteiger partial charge in [0.2, 0.25) is 21.7 Å². The predicted octanol–water partition coefficient (Wildman–Crippen LogP) is 4.31. The summed E-state index contributed by atoms with van der Waals surface area (Å²) in [6.45, 7) is 1.94. The molecule has 142 valence electrons. The van der Waals surface area contributed by atoms with Crippen LogP contribution in [-0.2, 0) is 22.3 Å². The third-order valence-electron chi connectivity index (χ3n) is 3.91. The van der Waals surface area contributed by atoms with Gasteiger partial charge in [-0.05, 0) is 30.7 Å². The van der Waals surface area contributed by atoms with Gasteiger partial charge in [0, 0.05) is 12.6 Å². The number of hydrogen-bond donors (Lipinski definition) is 0. The van der Waals surface area contributed by atoms with Crippen molar-refractivity contribution < 1.29 is 12.9 Å². The van der Waals surface area contributed by atoms with Crippen LogP contribution in [0, 0.1) is 6.92 Å². The summed E-state index contributed by atoms with van der Waals surface area (Å²) >= 11 is 11.8. The molecule has 1 heterocycles. The van der Waals surface area contributed by atoms with E-state index >= 15 is 0 Å². The van der Waals surface area contributed by atoms with E-state index in [1.54, 1.807) is 12.1 Å². The Bertz CT molecular complexity index is 1070. The summed E-state index contributed by atoms with van der Waals surface area (Å²) in [6.07, 6.45) is 0. The Balaban J connectivity index is 1.72. The van der Waals surface area contributed by atoms with Gasteiger partial charge < -0.3 is 4.52 Å². The van der Waals surface area contributed by atoms with Crippen molar-refractivity contribution in [1.29, 1.82) is 0 Å². The van der Waals surface area contributed by atoms with Gasteiger partial charge in [-0.15, -0.1) is 0 Å². The quantitative estimate of drug-likeness (QED) is 0.587. The highest BCUT2D eigenvalue weighted by Gasteiger charge is 2.22. The zero-order valence-corrected chi connectivity index (χ0v) is 17.0. The monoisotopic (exact) mass is 425 g/mol. The van der Waals surface area contributed by atoms with Gasteiger partial charge in [-0.3, -0.25) is 0 Å². The predicted molar refractivity (Wildman–Crippen MR) is 105 cm³/mol. The highest BCUT2D eigenvalue weighted by atomic mass is 35.5. The smallest absolute Gasteiger partial charge is 0.242 e. The normalized spacial score (nSPS) is 11.9. The van der Waals surface area contributed by atoms with Crippen LogP contribution in [0.3, 0.4) is 0 Å². The average Bonchev–Trinajstić information content (AvgIpc) is 3.06. The number of hydrogen-bond acceptors (Lipinski definition) is 5. The fraction of sp³-hybridized carbons (Fsp3) is 0.222. The minimum atomic E-state index is -3.60. The fourth-order valence-corrected chi connectivity index (χ4v) is 3.91. The van der Waals surface area contributed by atoms with Gasteiger partial charge in [0.25, 0.3) is 0 Å². The fourth-order valence-electron chi connectivity index (χ4n) is 2.46. The molecule has 3 rings (SSSR count). The van der Waals surface area contributed by atoms with Crippen molar-refractivity contribution in [2.75, 3.05) is 7.05 Å². The van der Waals surface area contributed by atoms with E-state index in [0.29, 0.717) is 21.4 Å². The summed E-state index contributed by atoms with van der Waals surface area (Å²) in [5, 5.41) is 4.62. The molecular weight excluding hydrogens is 409 g/mol. The lowest BCUT2D eigenvalue weighted by Crippen LogP contribution is -2.27. The molecule has 0 radical (unpaired) electrons. The number of nitrogens with zero attached hydrogens (tertiary/aromatic N) is 3. The van der Waals surface area contributed by atoms with E-state index in [0.717, 1.165) is 11.1 Å². The summed E-state index contributed by atoms with van der Waals surface area (Å²) < 4.78 is 31.5. The molecule has 0 N–H and O–H groups in total. The highest BCUT2D eigenvalue weighted by molar-refractivity contribution is 7.88. The Morgan fingerprint density at radius 3 is 2.59 bits per heavy atom. The Morgan fingerprint density at radius 2 is 1.89 bits per heavy atom. The summed E-state index contributed by atoms with van der Waals surface area (Å²) in [5.41, 5.74) is 2.42. The molecule has 0 aliphatic carbocycles. The molecule has 0 bridgehead atoms. The first kappa shape index (κ1) is 19.8. The number of aryl methyl sites for hydroxylation is 1. The van der Waals surface area contributed by atoms with Gasteiger partial charge in [0.15, 0.2) is 0 Å². The van der Waals surface area contributed by atoms with E-state index in [-0.39, 0.29) is 18.2 Å². The van der Waals surface area contributed by atoms with Gasteiger partial charge in [-0.1, -0.05) is 58.2 Å². The minimum absolute atomic E-state index is 0.0253. The second-order valence-electron chi connectivity index (χ2n) is 6.14. The van der Waals surface area contributed by atoms with Crippen molar-refractivity contribution in [1.82, 2.24) is 14.4 Å². The first-order chi connectivity index (χ1) is 12.7. The zero-order chi connectivity index (χ0) is 19.6. The molecule has 2 aromatic carbocycles. The molecule has 0 fully saturated rings. The van der Waals surface area contributed by atoms with Gasteiger partial charge >= 0.3 is 0 Å². The lowest BCUT2D eigenvalue weighted by atomic mass is 10.1. The Morgan fingerprint density at radius 1 is 1.11 bits per heavy atom. The van der Waals surface area contributed by atoms with E-state index < -0.39 is 10.0 Å². The van der Waals surface area contributed by atoms with Gasteiger partial charge in [0.1, 0.15) is 0 Å². The molecule has 9 heteroatoms. The van der Waals surface area contributed by atoms with E-state index in [1.165, 1.54) is 17.4 Å². The lowest BCUT2D eigenvalue weighted by molar-refractivity contribution is 0.336.